The second-order valence-corrected chi connectivity index (χ2v) is 3.92. The Morgan fingerprint density at radius 3 is 1.94 bits per heavy atom. The van der Waals surface area contributed by atoms with Crippen LogP contribution in [0.15, 0.2) is 0 Å². The number of carboxylic acid groups (broad SMARTS) is 1. The molecule has 8 nitrogen and oxygen atoms in total. The van der Waals surface area contributed by atoms with Crippen molar-refractivity contribution >= 4 is 17.9 Å². The molecule has 1 unspecified atom stereocenters. The Kier molecular flexibility index (Phi) is 5.40. The summed E-state index contributed by atoms with van der Waals surface area (Å²) in [6.07, 6.45) is -1.31. The average Bonchev–Trinajstić information content (AvgIpc) is 2.12. The number of hydrogen-bond donors (Lipinski definition) is 4. The Hall–Kier alpha value is -1.51. The number of ether oxygens (including phenoxy) is 1. The minimum atomic E-state index is -3.60. The molecule has 8 heteroatoms. The third-order valence-corrected chi connectivity index (χ3v) is 2.40. The molecule has 4 N–H and O–H groups in total. The van der Waals surface area contributed by atoms with Gasteiger partial charge in [-0.25, -0.2) is 0 Å². The molecule has 0 fully saturated rings. The summed E-state index contributed by atoms with van der Waals surface area (Å²) in [6, 6.07) is 0. The molecule has 104 valence electrons. The zero-order valence-electron chi connectivity index (χ0n) is 10.0. The average molecular weight is 264 g/mol. The molecular weight excluding hydrogens is 248 g/mol. The lowest BCUT2D eigenvalue weighted by molar-refractivity contribution is -0.369. The van der Waals surface area contributed by atoms with E-state index in [0.717, 1.165) is 6.92 Å². The molecule has 0 saturated heterocycles. The minimum absolute atomic E-state index is 0.156. The summed E-state index contributed by atoms with van der Waals surface area (Å²) >= 11 is 0. The van der Waals surface area contributed by atoms with Gasteiger partial charge in [0.1, 0.15) is 0 Å². The molecule has 0 spiro atoms. The predicted octanol–water partition coefficient (Wildman–Crippen LogP) is -1.03. The summed E-state index contributed by atoms with van der Waals surface area (Å²) in [5.41, 5.74) is -2.51. The number of esters is 2. The van der Waals surface area contributed by atoms with Gasteiger partial charge in [0.25, 0.3) is 5.97 Å². The summed E-state index contributed by atoms with van der Waals surface area (Å²) in [5, 5.41) is 36.4. The van der Waals surface area contributed by atoms with E-state index in [9.17, 15) is 29.7 Å². The van der Waals surface area contributed by atoms with Crippen molar-refractivity contribution in [3.63, 3.8) is 0 Å². The monoisotopic (exact) mass is 264 g/mol. The standard InChI is InChI=1S/C10H16O8/c1-3-4-9(5-7(12)13,10(15,16)17)8(14)18-6(2)11/h15-17H,3-5H2,1-2H3,(H,12,13). The molecule has 0 saturated carbocycles. The van der Waals surface area contributed by atoms with Crippen LogP contribution in [0.25, 0.3) is 0 Å². The Bertz CT molecular complexity index is 342. The Morgan fingerprint density at radius 1 is 1.17 bits per heavy atom. The van der Waals surface area contributed by atoms with Crippen LogP contribution in [0, 0.1) is 5.41 Å². The molecule has 0 bridgehead atoms. The summed E-state index contributed by atoms with van der Waals surface area (Å²) in [7, 11) is 0. The maximum Gasteiger partial charge on any atom is 0.328 e. The van der Waals surface area contributed by atoms with Crippen molar-refractivity contribution in [3.05, 3.63) is 0 Å². The number of carbonyl (C=O) groups is 3. The lowest BCUT2D eigenvalue weighted by Crippen LogP contribution is -2.55. The molecule has 0 amide bonds. The number of aliphatic hydroxyl groups is 3. The zero-order chi connectivity index (χ0) is 14.6. The lowest BCUT2D eigenvalue weighted by Gasteiger charge is -2.35. The van der Waals surface area contributed by atoms with E-state index in [4.69, 9.17) is 5.11 Å². The topological polar surface area (TPSA) is 141 Å². The van der Waals surface area contributed by atoms with Crippen LogP contribution in [0.5, 0.6) is 0 Å². The SMILES string of the molecule is CCCC(CC(=O)O)(C(=O)OC(C)=O)C(O)(O)O. The van der Waals surface area contributed by atoms with Crippen LogP contribution >= 0.6 is 0 Å². The van der Waals surface area contributed by atoms with Gasteiger partial charge in [0, 0.05) is 6.92 Å². The van der Waals surface area contributed by atoms with E-state index < -0.39 is 35.7 Å². The number of aliphatic carboxylic acids is 1. The third-order valence-electron chi connectivity index (χ3n) is 2.40. The smallest absolute Gasteiger partial charge is 0.328 e. The van der Waals surface area contributed by atoms with Crippen molar-refractivity contribution < 1.29 is 39.5 Å². The van der Waals surface area contributed by atoms with Crippen molar-refractivity contribution in [1.82, 2.24) is 0 Å². The maximum atomic E-state index is 11.7. The molecule has 18 heavy (non-hydrogen) atoms. The van der Waals surface area contributed by atoms with Gasteiger partial charge in [-0.15, -0.1) is 0 Å². The highest BCUT2D eigenvalue weighted by atomic mass is 16.7. The first-order valence-corrected chi connectivity index (χ1v) is 5.18. The first kappa shape index (κ1) is 16.5. The van der Waals surface area contributed by atoms with E-state index in [-0.39, 0.29) is 12.8 Å². The molecule has 0 aliphatic carbocycles. The van der Waals surface area contributed by atoms with Gasteiger partial charge in [0.15, 0.2) is 5.41 Å². The quantitative estimate of drug-likeness (QED) is 0.271. The minimum Gasteiger partial charge on any atom is -0.481 e. The van der Waals surface area contributed by atoms with Gasteiger partial charge < -0.3 is 25.2 Å². The van der Waals surface area contributed by atoms with Crippen molar-refractivity contribution in [2.24, 2.45) is 5.41 Å². The highest BCUT2D eigenvalue weighted by Crippen LogP contribution is 2.38. The van der Waals surface area contributed by atoms with Crippen LogP contribution in [-0.2, 0) is 19.1 Å². The second-order valence-electron chi connectivity index (χ2n) is 3.92. The van der Waals surface area contributed by atoms with E-state index in [0.29, 0.717) is 0 Å². The van der Waals surface area contributed by atoms with Crippen LogP contribution in [0.3, 0.4) is 0 Å². The fraction of sp³-hybridized carbons (Fsp3) is 0.700. The molecule has 0 rings (SSSR count). The van der Waals surface area contributed by atoms with E-state index in [2.05, 4.69) is 4.74 Å². The Morgan fingerprint density at radius 2 is 1.67 bits per heavy atom. The van der Waals surface area contributed by atoms with Gasteiger partial charge in [0.05, 0.1) is 6.42 Å². The molecule has 0 heterocycles. The molecule has 0 radical (unpaired) electrons. The molecule has 0 aromatic carbocycles. The van der Waals surface area contributed by atoms with Gasteiger partial charge >= 0.3 is 17.9 Å². The predicted molar refractivity (Wildman–Crippen MR) is 55.8 cm³/mol. The van der Waals surface area contributed by atoms with E-state index in [1.807, 2.05) is 0 Å². The molecule has 0 aliphatic heterocycles. The number of hydrogen-bond acceptors (Lipinski definition) is 7. The first-order chi connectivity index (χ1) is 8.06. The molecule has 0 aromatic heterocycles. The lowest BCUT2D eigenvalue weighted by atomic mass is 9.77. The number of carboxylic acids is 1. The highest BCUT2D eigenvalue weighted by molar-refractivity contribution is 5.90. The normalized spacial score (nSPS) is 14.7. The van der Waals surface area contributed by atoms with Crippen molar-refractivity contribution in [2.45, 2.75) is 39.1 Å². The molecular formula is C10H16O8. The third kappa shape index (κ3) is 3.76. The van der Waals surface area contributed by atoms with E-state index >= 15 is 0 Å². The zero-order valence-corrected chi connectivity index (χ0v) is 10.0. The van der Waals surface area contributed by atoms with Gasteiger partial charge in [-0.05, 0) is 6.42 Å². The van der Waals surface area contributed by atoms with Crippen LogP contribution < -0.4 is 0 Å². The molecule has 0 aromatic rings. The fourth-order valence-corrected chi connectivity index (χ4v) is 1.60. The van der Waals surface area contributed by atoms with E-state index in [1.165, 1.54) is 6.92 Å². The summed E-state index contributed by atoms with van der Waals surface area (Å²) in [5.74, 6) is -7.69. The van der Waals surface area contributed by atoms with Crippen molar-refractivity contribution in [2.75, 3.05) is 0 Å². The summed E-state index contributed by atoms with van der Waals surface area (Å²) in [4.78, 5) is 33.0. The van der Waals surface area contributed by atoms with Gasteiger partial charge in [-0.3, -0.25) is 14.4 Å². The van der Waals surface area contributed by atoms with Crippen molar-refractivity contribution in [1.29, 1.82) is 0 Å². The Labute approximate surface area is 103 Å². The maximum absolute atomic E-state index is 11.7. The Balaban J connectivity index is 5.52. The second kappa shape index (κ2) is 5.89. The van der Waals surface area contributed by atoms with Crippen LogP contribution in [0.4, 0.5) is 0 Å². The van der Waals surface area contributed by atoms with Gasteiger partial charge in [-0.2, -0.15) is 0 Å². The van der Waals surface area contributed by atoms with Crippen LogP contribution in [0.1, 0.15) is 33.1 Å². The largest absolute Gasteiger partial charge is 0.481 e. The van der Waals surface area contributed by atoms with Crippen molar-refractivity contribution in [3.8, 4) is 0 Å². The number of rotatable bonds is 6. The van der Waals surface area contributed by atoms with Crippen LogP contribution in [-0.4, -0.2) is 44.3 Å². The first-order valence-electron chi connectivity index (χ1n) is 5.18. The highest BCUT2D eigenvalue weighted by Gasteiger charge is 2.57. The van der Waals surface area contributed by atoms with Crippen LogP contribution in [0.2, 0.25) is 0 Å². The molecule has 0 aliphatic rings. The van der Waals surface area contributed by atoms with Gasteiger partial charge in [0.2, 0.25) is 0 Å². The van der Waals surface area contributed by atoms with E-state index in [1.54, 1.807) is 0 Å². The summed E-state index contributed by atoms with van der Waals surface area (Å²) < 4.78 is 4.17. The number of carbonyl (C=O) groups excluding carboxylic acids is 2. The van der Waals surface area contributed by atoms with Gasteiger partial charge in [-0.1, -0.05) is 13.3 Å². The summed E-state index contributed by atoms with van der Waals surface area (Å²) in [6.45, 7) is 2.42. The molecule has 1 atom stereocenters. The fourth-order valence-electron chi connectivity index (χ4n) is 1.60.